The molecular formula is C15H19NO3. The second-order valence-electron chi connectivity index (χ2n) is 4.92. The zero-order valence-electron chi connectivity index (χ0n) is 11.4. The third-order valence-electron chi connectivity index (χ3n) is 3.74. The molecule has 1 aromatic carbocycles. The lowest BCUT2D eigenvalue weighted by molar-refractivity contribution is -0.120. The van der Waals surface area contributed by atoms with Gasteiger partial charge in [0.2, 0.25) is 0 Å². The van der Waals surface area contributed by atoms with Crippen LogP contribution in [0.25, 0.3) is 0 Å². The van der Waals surface area contributed by atoms with Gasteiger partial charge in [0.1, 0.15) is 5.78 Å². The number of carbonyl (C=O) groups excluding carboxylic acids is 2. The van der Waals surface area contributed by atoms with Crippen molar-refractivity contribution >= 4 is 17.4 Å². The van der Waals surface area contributed by atoms with Crippen LogP contribution in [-0.2, 0) is 9.53 Å². The average Bonchev–Trinajstić information content (AvgIpc) is 2.46. The maximum absolute atomic E-state index is 11.5. The minimum Gasteiger partial charge on any atom is -0.465 e. The number of anilines is 1. The Kier molecular flexibility index (Phi) is 4.20. The summed E-state index contributed by atoms with van der Waals surface area (Å²) in [4.78, 5) is 24.9. The summed E-state index contributed by atoms with van der Waals surface area (Å²) in [7, 11) is 3.39. The molecule has 1 aliphatic carbocycles. The first-order chi connectivity index (χ1) is 9.11. The predicted octanol–water partition coefficient (Wildman–Crippen LogP) is 2.42. The summed E-state index contributed by atoms with van der Waals surface area (Å²) in [5.74, 6) is 0.0297. The van der Waals surface area contributed by atoms with E-state index in [4.69, 9.17) is 4.74 Å². The molecule has 0 spiro atoms. The van der Waals surface area contributed by atoms with Crippen LogP contribution in [-0.4, -0.2) is 32.0 Å². The number of hydrogen-bond donors (Lipinski definition) is 0. The van der Waals surface area contributed by atoms with Crippen molar-refractivity contribution in [2.75, 3.05) is 19.1 Å². The van der Waals surface area contributed by atoms with E-state index in [1.165, 1.54) is 7.11 Å². The van der Waals surface area contributed by atoms with E-state index in [2.05, 4.69) is 4.90 Å². The highest BCUT2D eigenvalue weighted by Gasteiger charge is 2.22. The summed E-state index contributed by atoms with van der Waals surface area (Å²) < 4.78 is 4.73. The van der Waals surface area contributed by atoms with E-state index < -0.39 is 0 Å². The van der Waals surface area contributed by atoms with Crippen LogP contribution in [0.3, 0.4) is 0 Å². The van der Waals surface area contributed by atoms with Crippen molar-refractivity contribution in [1.29, 1.82) is 0 Å². The van der Waals surface area contributed by atoms with Gasteiger partial charge < -0.3 is 9.64 Å². The molecule has 0 unspecified atom stereocenters. The monoisotopic (exact) mass is 261 g/mol. The molecular weight excluding hydrogens is 242 g/mol. The first-order valence-electron chi connectivity index (χ1n) is 6.54. The Balaban J connectivity index is 2.12. The fraction of sp³-hybridized carbons (Fsp3) is 0.467. The second kappa shape index (κ2) is 5.87. The second-order valence-corrected chi connectivity index (χ2v) is 4.92. The molecule has 1 aromatic rings. The van der Waals surface area contributed by atoms with Crippen LogP contribution in [0.4, 0.5) is 5.69 Å². The quantitative estimate of drug-likeness (QED) is 0.784. The van der Waals surface area contributed by atoms with Gasteiger partial charge in [0.25, 0.3) is 0 Å². The van der Waals surface area contributed by atoms with Gasteiger partial charge in [-0.2, -0.15) is 0 Å². The minimum atomic E-state index is -0.325. The number of ketones is 1. The van der Waals surface area contributed by atoms with Crippen LogP contribution < -0.4 is 4.90 Å². The molecule has 102 valence electrons. The highest BCUT2D eigenvalue weighted by Crippen LogP contribution is 2.25. The maximum Gasteiger partial charge on any atom is 0.337 e. The third kappa shape index (κ3) is 3.13. The summed E-state index contributed by atoms with van der Waals surface area (Å²) in [5.41, 5.74) is 1.54. The van der Waals surface area contributed by atoms with Crippen LogP contribution in [0.1, 0.15) is 36.0 Å². The van der Waals surface area contributed by atoms with E-state index >= 15 is 0 Å². The largest absolute Gasteiger partial charge is 0.465 e. The predicted molar refractivity (Wildman–Crippen MR) is 73.4 cm³/mol. The van der Waals surface area contributed by atoms with Gasteiger partial charge in [-0.15, -0.1) is 0 Å². The number of hydrogen-bond acceptors (Lipinski definition) is 4. The molecule has 2 rings (SSSR count). The molecule has 0 radical (unpaired) electrons. The molecule has 1 aliphatic rings. The van der Waals surface area contributed by atoms with Crippen molar-refractivity contribution in [3.63, 3.8) is 0 Å². The number of carbonyl (C=O) groups is 2. The number of methoxy groups -OCH3 is 1. The van der Waals surface area contributed by atoms with Crippen molar-refractivity contribution in [2.45, 2.75) is 31.7 Å². The van der Waals surface area contributed by atoms with E-state index in [9.17, 15) is 9.59 Å². The van der Waals surface area contributed by atoms with Gasteiger partial charge in [-0.25, -0.2) is 4.79 Å². The van der Waals surface area contributed by atoms with Crippen molar-refractivity contribution in [1.82, 2.24) is 0 Å². The van der Waals surface area contributed by atoms with E-state index in [-0.39, 0.29) is 5.97 Å². The van der Waals surface area contributed by atoms with Gasteiger partial charge in [0.15, 0.2) is 0 Å². The summed E-state index contributed by atoms with van der Waals surface area (Å²) in [5, 5.41) is 0. The Morgan fingerprint density at radius 2 is 2.00 bits per heavy atom. The Morgan fingerprint density at radius 1 is 1.32 bits per heavy atom. The molecule has 0 aromatic heterocycles. The van der Waals surface area contributed by atoms with Gasteiger partial charge in [-0.3, -0.25) is 4.79 Å². The normalized spacial score (nSPS) is 16.2. The number of benzene rings is 1. The molecule has 0 saturated heterocycles. The van der Waals surface area contributed by atoms with Crippen LogP contribution in [0.5, 0.6) is 0 Å². The number of esters is 1. The van der Waals surface area contributed by atoms with Crippen molar-refractivity contribution in [3.05, 3.63) is 29.8 Å². The van der Waals surface area contributed by atoms with E-state index in [1.54, 1.807) is 6.07 Å². The minimum absolute atomic E-state index is 0.325. The lowest BCUT2D eigenvalue weighted by atomic mass is 9.93. The summed E-state index contributed by atoms with van der Waals surface area (Å²) in [6.45, 7) is 0. The Hall–Kier alpha value is -1.84. The molecule has 4 heteroatoms. The molecule has 0 heterocycles. The standard InChI is InChI=1S/C15H19NO3/c1-16(12-6-8-14(17)9-7-12)13-5-3-4-11(10-13)15(18)19-2/h3-5,10,12H,6-9H2,1-2H3. The molecule has 19 heavy (non-hydrogen) atoms. The van der Waals surface area contributed by atoms with Gasteiger partial charge >= 0.3 is 5.97 Å². The Bertz CT molecular complexity index is 474. The summed E-state index contributed by atoms with van der Waals surface area (Å²) >= 11 is 0. The molecule has 0 aliphatic heterocycles. The van der Waals surface area contributed by atoms with Crippen LogP contribution in [0.15, 0.2) is 24.3 Å². The van der Waals surface area contributed by atoms with Crippen LogP contribution in [0.2, 0.25) is 0 Å². The van der Waals surface area contributed by atoms with Gasteiger partial charge in [0, 0.05) is 31.6 Å². The smallest absolute Gasteiger partial charge is 0.337 e. The van der Waals surface area contributed by atoms with Gasteiger partial charge in [-0.05, 0) is 31.0 Å². The topological polar surface area (TPSA) is 46.6 Å². The molecule has 4 nitrogen and oxygen atoms in total. The van der Waals surface area contributed by atoms with Crippen LogP contribution in [0, 0.1) is 0 Å². The molecule has 0 bridgehead atoms. The lowest BCUT2D eigenvalue weighted by Crippen LogP contribution is -2.35. The maximum atomic E-state index is 11.5. The SMILES string of the molecule is COC(=O)c1cccc(N(C)C2CCC(=O)CC2)c1. The highest BCUT2D eigenvalue weighted by molar-refractivity contribution is 5.90. The fourth-order valence-electron chi connectivity index (χ4n) is 2.49. The first-order valence-corrected chi connectivity index (χ1v) is 6.54. The molecule has 1 fully saturated rings. The number of rotatable bonds is 3. The zero-order valence-corrected chi connectivity index (χ0v) is 11.4. The number of nitrogens with zero attached hydrogens (tertiary/aromatic N) is 1. The molecule has 0 N–H and O–H groups in total. The molecule has 0 amide bonds. The number of Topliss-reactive ketones (excluding diaryl/α,β-unsaturated/α-hetero) is 1. The average molecular weight is 261 g/mol. The Morgan fingerprint density at radius 3 is 2.63 bits per heavy atom. The van der Waals surface area contributed by atoms with E-state index in [0.717, 1.165) is 18.5 Å². The zero-order chi connectivity index (χ0) is 13.8. The van der Waals surface area contributed by atoms with Crippen molar-refractivity contribution in [3.8, 4) is 0 Å². The molecule has 1 saturated carbocycles. The van der Waals surface area contributed by atoms with E-state index in [1.807, 2.05) is 25.2 Å². The summed E-state index contributed by atoms with van der Waals surface area (Å²) in [6.07, 6.45) is 3.09. The van der Waals surface area contributed by atoms with Gasteiger partial charge in [-0.1, -0.05) is 6.07 Å². The number of ether oxygens (including phenoxy) is 1. The third-order valence-corrected chi connectivity index (χ3v) is 3.74. The fourth-order valence-corrected chi connectivity index (χ4v) is 2.49. The Labute approximate surface area is 113 Å². The van der Waals surface area contributed by atoms with Crippen molar-refractivity contribution < 1.29 is 14.3 Å². The van der Waals surface area contributed by atoms with E-state index in [0.29, 0.717) is 30.2 Å². The molecule has 0 atom stereocenters. The first kappa shape index (κ1) is 13.6. The summed E-state index contributed by atoms with van der Waals surface area (Å²) in [6, 6.07) is 7.77. The van der Waals surface area contributed by atoms with Gasteiger partial charge in [0.05, 0.1) is 12.7 Å². The lowest BCUT2D eigenvalue weighted by Gasteiger charge is -2.32. The van der Waals surface area contributed by atoms with Crippen molar-refractivity contribution in [2.24, 2.45) is 0 Å². The van der Waals surface area contributed by atoms with Crippen LogP contribution >= 0.6 is 0 Å². The highest BCUT2D eigenvalue weighted by atomic mass is 16.5.